The molecule has 4 rings (SSSR count). The predicted molar refractivity (Wildman–Crippen MR) is 102 cm³/mol. The summed E-state index contributed by atoms with van der Waals surface area (Å²) in [6, 6.07) is 17.5. The molecule has 0 unspecified atom stereocenters. The van der Waals surface area contributed by atoms with Crippen molar-refractivity contribution < 1.29 is 18.0 Å². The molecule has 5 nitrogen and oxygen atoms in total. The van der Waals surface area contributed by atoms with Gasteiger partial charge in [-0.2, -0.15) is 0 Å². The van der Waals surface area contributed by atoms with Crippen LogP contribution in [0.3, 0.4) is 0 Å². The van der Waals surface area contributed by atoms with E-state index in [-0.39, 0.29) is 38.8 Å². The van der Waals surface area contributed by atoms with Gasteiger partial charge >= 0.3 is 0 Å². The molecule has 0 atom stereocenters. The van der Waals surface area contributed by atoms with E-state index in [9.17, 15) is 18.0 Å². The number of rotatable bonds is 3. The first-order valence-corrected chi connectivity index (χ1v) is 9.78. The van der Waals surface area contributed by atoms with Crippen LogP contribution in [0.2, 0.25) is 0 Å². The number of carbonyl (C=O) groups excluding carboxylic acids is 2. The minimum Gasteiger partial charge on any atom is -0.289 e. The Hall–Kier alpha value is -3.25. The second kappa shape index (κ2) is 6.17. The zero-order valence-electron chi connectivity index (χ0n) is 14.4. The fourth-order valence-corrected chi connectivity index (χ4v) is 4.22. The molecule has 1 N–H and O–H groups in total. The fraction of sp³-hybridized carbons (Fsp3) is 0.0476. The molecule has 27 heavy (non-hydrogen) atoms. The number of anilines is 1. The van der Waals surface area contributed by atoms with Crippen LogP contribution in [-0.2, 0) is 10.0 Å². The normalized spacial score (nSPS) is 13.1. The smallest absolute Gasteiger partial charge is 0.261 e. The van der Waals surface area contributed by atoms with Gasteiger partial charge in [0.15, 0.2) is 11.6 Å². The molecule has 0 spiro atoms. The van der Waals surface area contributed by atoms with Crippen molar-refractivity contribution in [1.82, 2.24) is 0 Å². The lowest BCUT2D eigenvalue weighted by Gasteiger charge is -2.20. The van der Waals surface area contributed by atoms with Crippen molar-refractivity contribution in [2.75, 3.05) is 4.72 Å². The third kappa shape index (κ3) is 2.84. The van der Waals surface area contributed by atoms with E-state index in [0.717, 1.165) is 5.56 Å². The van der Waals surface area contributed by atoms with E-state index in [4.69, 9.17) is 0 Å². The summed E-state index contributed by atoms with van der Waals surface area (Å²) in [4.78, 5) is 25.8. The number of sulfonamides is 1. The Morgan fingerprint density at radius 3 is 1.96 bits per heavy atom. The minimum absolute atomic E-state index is 0.0805. The van der Waals surface area contributed by atoms with Gasteiger partial charge < -0.3 is 0 Å². The molecule has 1 aliphatic carbocycles. The van der Waals surface area contributed by atoms with Gasteiger partial charge in [0.2, 0.25) is 0 Å². The molecule has 0 amide bonds. The molecule has 0 bridgehead atoms. The third-order valence-corrected chi connectivity index (χ3v) is 5.91. The highest BCUT2D eigenvalue weighted by molar-refractivity contribution is 7.92. The molecule has 0 radical (unpaired) electrons. The third-order valence-electron chi connectivity index (χ3n) is 4.53. The lowest BCUT2D eigenvalue weighted by atomic mass is 9.83. The predicted octanol–water partition coefficient (Wildman–Crippen LogP) is 3.57. The Kier molecular flexibility index (Phi) is 3.93. The maximum Gasteiger partial charge on any atom is 0.261 e. The van der Waals surface area contributed by atoms with E-state index in [1.165, 1.54) is 24.3 Å². The van der Waals surface area contributed by atoms with Crippen LogP contribution in [0.25, 0.3) is 0 Å². The number of fused-ring (bicyclic) bond motifs is 2. The summed E-state index contributed by atoms with van der Waals surface area (Å²) in [5.41, 5.74) is 1.91. The van der Waals surface area contributed by atoms with Crippen LogP contribution in [0.15, 0.2) is 71.6 Å². The number of aryl methyl sites for hydroxylation is 1. The molecular weight excluding hydrogens is 362 g/mol. The van der Waals surface area contributed by atoms with Gasteiger partial charge in [0.05, 0.1) is 16.1 Å². The number of ketones is 2. The zero-order valence-corrected chi connectivity index (χ0v) is 15.2. The van der Waals surface area contributed by atoms with Gasteiger partial charge in [0.1, 0.15) is 0 Å². The Morgan fingerprint density at radius 1 is 0.704 bits per heavy atom. The van der Waals surface area contributed by atoms with E-state index in [1.807, 2.05) is 6.92 Å². The monoisotopic (exact) mass is 377 g/mol. The highest BCUT2D eigenvalue weighted by atomic mass is 32.2. The lowest BCUT2D eigenvalue weighted by Crippen LogP contribution is -2.24. The zero-order chi connectivity index (χ0) is 19.2. The summed E-state index contributed by atoms with van der Waals surface area (Å²) in [6.45, 7) is 1.86. The van der Waals surface area contributed by atoms with Crippen molar-refractivity contribution in [1.29, 1.82) is 0 Å². The van der Waals surface area contributed by atoms with Crippen LogP contribution >= 0.6 is 0 Å². The van der Waals surface area contributed by atoms with E-state index >= 15 is 0 Å². The second-order valence-electron chi connectivity index (χ2n) is 6.35. The highest BCUT2D eigenvalue weighted by Crippen LogP contribution is 2.32. The van der Waals surface area contributed by atoms with E-state index in [0.29, 0.717) is 5.56 Å². The molecular formula is C21H15NO4S. The molecule has 0 aliphatic heterocycles. The Balaban J connectivity index is 1.82. The van der Waals surface area contributed by atoms with Gasteiger partial charge in [-0.05, 0) is 25.1 Å². The number of hydrogen-bond acceptors (Lipinski definition) is 4. The van der Waals surface area contributed by atoms with Crippen molar-refractivity contribution >= 4 is 27.3 Å². The summed E-state index contributed by atoms with van der Waals surface area (Å²) in [5, 5.41) is 0. The minimum atomic E-state index is -3.90. The average Bonchev–Trinajstić information content (AvgIpc) is 2.66. The fourth-order valence-electron chi connectivity index (χ4n) is 3.15. The molecule has 0 fully saturated rings. The summed E-state index contributed by atoms with van der Waals surface area (Å²) in [7, 11) is -3.90. The van der Waals surface area contributed by atoms with Gasteiger partial charge in [-0.25, -0.2) is 8.42 Å². The summed E-state index contributed by atoms with van der Waals surface area (Å²) >= 11 is 0. The maximum absolute atomic E-state index is 13.0. The van der Waals surface area contributed by atoms with Crippen molar-refractivity contribution in [2.45, 2.75) is 11.8 Å². The van der Waals surface area contributed by atoms with Gasteiger partial charge in [0, 0.05) is 16.7 Å². The highest BCUT2D eigenvalue weighted by Gasteiger charge is 2.32. The number of nitrogens with one attached hydrogen (secondary N) is 1. The van der Waals surface area contributed by atoms with Gasteiger partial charge in [-0.1, -0.05) is 54.1 Å². The van der Waals surface area contributed by atoms with Crippen molar-refractivity contribution in [2.24, 2.45) is 0 Å². The quantitative estimate of drug-likeness (QED) is 0.592. The SMILES string of the molecule is Cc1ccc(S(=O)(=O)Nc2cccc3c2C(=O)c2ccccc2C3=O)cc1. The summed E-state index contributed by atoms with van der Waals surface area (Å²) in [6.07, 6.45) is 0. The van der Waals surface area contributed by atoms with E-state index < -0.39 is 10.0 Å². The van der Waals surface area contributed by atoms with Crippen molar-refractivity contribution in [3.63, 3.8) is 0 Å². The van der Waals surface area contributed by atoms with Crippen molar-refractivity contribution in [3.8, 4) is 0 Å². The second-order valence-corrected chi connectivity index (χ2v) is 8.03. The van der Waals surface area contributed by atoms with Crippen LogP contribution in [0, 0.1) is 6.92 Å². The van der Waals surface area contributed by atoms with Crippen LogP contribution in [0.4, 0.5) is 5.69 Å². The first-order chi connectivity index (χ1) is 12.9. The number of carbonyl (C=O) groups is 2. The van der Waals surface area contributed by atoms with Gasteiger partial charge in [0.25, 0.3) is 10.0 Å². The molecule has 3 aromatic carbocycles. The molecule has 6 heteroatoms. The average molecular weight is 377 g/mol. The molecule has 0 heterocycles. The molecule has 3 aromatic rings. The first-order valence-electron chi connectivity index (χ1n) is 8.29. The molecule has 0 saturated heterocycles. The first kappa shape index (κ1) is 17.2. The van der Waals surface area contributed by atoms with Crippen LogP contribution in [0.1, 0.15) is 37.4 Å². The summed E-state index contributed by atoms with van der Waals surface area (Å²) in [5.74, 6) is -0.668. The van der Waals surface area contributed by atoms with Crippen LogP contribution in [0.5, 0.6) is 0 Å². The van der Waals surface area contributed by atoms with E-state index in [1.54, 1.807) is 42.5 Å². The van der Waals surface area contributed by atoms with Gasteiger partial charge in [-0.3, -0.25) is 14.3 Å². The van der Waals surface area contributed by atoms with Crippen LogP contribution < -0.4 is 4.72 Å². The number of hydrogen-bond donors (Lipinski definition) is 1. The molecule has 0 aromatic heterocycles. The Bertz CT molecular complexity index is 1200. The molecule has 0 saturated carbocycles. The van der Waals surface area contributed by atoms with E-state index in [2.05, 4.69) is 4.72 Å². The standard InChI is InChI=1S/C21H15NO4S/c1-13-9-11-14(12-10-13)27(25,26)22-18-8-4-7-17-19(18)21(24)16-6-3-2-5-15(16)20(17)23/h2-12,22H,1H3. The molecule has 134 valence electrons. The Labute approximate surface area is 156 Å². The van der Waals surface area contributed by atoms with Gasteiger partial charge in [-0.15, -0.1) is 0 Å². The largest absolute Gasteiger partial charge is 0.289 e. The topological polar surface area (TPSA) is 80.3 Å². The van der Waals surface area contributed by atoms with Crippen LogP contribution in [-0.4, -0.2) is 20.0 Å². The number of benzene rings is 3. The maximum atomic E-state index is 13.0. The van der Waals surface area contributed by atoms with Crippen molar-refractivity contribution in [3.05, 3.63) is 94.5 Å². The Morgan fingerprint density at radius 2 is 1.30 bits per heavy atom. The molecule has 1 aliphatic rings. The summed E-state index contributed by atoms with van der Waals surface area (Å²) < 4.78 is 27.9. The lowest BCUT2D eigenvalue weighted by molar-refractivity contribution is 0.0979.